The quantitative estimate of drug-likeness (QED) is 0.483. The highest BCUT2D eigenvalue weighted by molar-refractivity contribution is 7.89. The summed E-state index contributed by atoms with van der Waals surface area (Å²) >= 11 is 1.32. The number of anilines is 1. The van der Waals surface area contributed by atoms with Gasteiger partial charge in [0.25, 0.3) is 5.69 Å². The molecule has 0 amide bonds. The zero-order valence-corrected chi connectivity index (χ0v) is 11.6. The molecule has 10 heteroatoms. The Balaban J connectivity index is 2.33. The van der Waals surface area contributed by atoms with Crippen LogP contribution < -0.4 is 10.5 Å². The van der Waals surface area contributed by atoms with Gasteiger partial charge in [-0.05, 0) is 12.1 Å². The number of sulfonamides is 1. The lowest BCUT2D eigenvalue weighted by atomic mass is 10.3. The molecule has 0 saturated heterocycles. The van der Waals surface area contributed by atoms with Gasteiger partial charge in [-0.3, -0.25) is 10.1 Å². The van der Waals surface area contributed by atoms with Gasteiger partial charge in [-0.1, -0.05) is 0 Å². The fourth-order valence-electron chi connectivity index (χ4n) is 1.47. The van der Waals surface area contributed by atoms with Crippen LogP contribution in [0, 0.1) is 10.1 Å². The van der Waals surface area contributed by atoms with E-state index in [2.05, 4.69) is 9.71 Å². The Morgan fingerprint density at radius 1 is 1.45 bits per heavy atom. The molecule has 0 spiro atoms. The first kappa shape index (κ1) is 14.4. The number of nitro groups is 1. The highest BCUT2D eigenvalue weighted by atomic mass is 32.2. The van der Waals surface area contributed by atoms with Crippen LogP contribution in [0.15, 0.2) is 34.0 Å². The van der Waals surface area contributed by atoms with Crippen LogP contribution in [0.2, 0.25) is 0 Å². The van der Waals surface area contributed by atoms with Crippen molar-refractivity contribution in [2.45, 2.75) is 11.4 Å². The number of nitrogens with two attached hydrogens (primary N) is 1. The van der Waals surface area contributed by atoms with Crippen molar-refractivity contribution in [3.05, 3.63) is 44.9 Å². The van der Waals surface area contributed by atoms with E-state index in [1.807, 2.05) is 0 Å². The summed E-state index contributed by atoms with van der Waals surface area (Å²) in [5.41, 5.74) is 7.19. The number of hydrogen-bond donors (Lipinski definition) is 2. The fourth-order valence-corrected chi connectivity index (χ4v) is 3.23. The molecule has 1 aromatic carbocycles. The third kappa shape index (κ3) is 3.10. The smallest absolute Gasteiger partial charge is 0.289 e. The maximum atomic E-state index is 12.1. The van der Waals surface area contributed by atoms with Gasteiger partial charge in [0.2, 0.25) is 10.0 Å². The summed E-state index contributed by atoms with van der Waals surface area (Å²) in [4.78, 5) is 13.6. The molecular formula is C10H10N4O4S2. The van der Waals surface area contributed by atoms with E-state index < -0.39 is 25.5 Å². The summed E-state index contributed by atoms with van der Waals surface area (Å²) in [6.07, 6.45) is 0. The summed E-state index contributed by atoms with van der Waals surface area (Å²) in [7, 11) is -4.04. The van der Waals surface area contributed by atoms with Gasteiger partial charge in [-0.25, -0.2) is 18.1 Å². The van der Waals surface area contributed by atoms with Gasteiger partial charge >= 0.3 is 0 Å². The minimum Gasteiger partial charge on any atom is -0.399 e. The monoisotopic (exact) mass is 314 g/mol. The Morgan fingerprint density at radius 2 is 2.20 bits per heavy atom. The summed E-state index contributed by atoms with van der Waals surface area (Å²) in [5.74, 6) is 0. The van der Waals surface area contributed by atoms with Gasteiger partial charge in [0, 0.05) is 17.1 Å². The first-order chi connectivity index (χ1) is 9.40. The van der Waals surface area contributed by atoms with Crippen molar-refractivity contribution in [3.63, 3.8) is 0 Å². The topological polar surface area (TPSA) is 128 Å². The van der Waals surface area contributed by atoms with E-state index in [9.17, 15) is 18.5 Å². The molecule has 0 radical (unpaired) electrons. The SMILES string of the molecule is Nc1ccc([N+](=O)[O-])c(S(=O)(=O)NCc2cscn2)c1. The van der Waals surface area contributed by atoms with Gasteiger partial charge in [0.05, 0.1) is 22.7 Å². The van der Waals surface area contributed by atoms with E-state index in [0.29, 0.717) is 5.69 Å². The van der Waals surface area contributed by atoms with Gasteiger partial charge in [0.1, 0.15) is 0 Å². The number of nitrogens with one attached hydrogen (secondary N) is 1. The molecule has 0 unspecified atom stereocenters. The largest absolute Gasteiger partial charge is 0.399 e. The number of benzene rings is 1. The van der Waals surface area contributed by atoms with Crippen molar-refractivity contribution in [2.75, 3.05) is 5.73 Å². The van der Waals surface area contributed by atoms with Gasteiger partial charge < -0.3 is 5.73 Å². The van der Waals surface area contributed by atoms with Crippen LogP contribution in [-0.2, 0) is 16.6 Å². The third-order valence-electron chi connectivity index (χ3n) is 2.40. The van der Waals surface area contributed by atoms with Crippen LogP contribution in [-0.4, -0.2) is 18.3 Å². The second-order valence-electron chi connectivity index (χ2n) is 3.79. The first-order valence-corrected chi connectivity index (χ1v) is 7.73. The second-order valence-corrected chi connectivity index (χ2v) is 6.24. The van der Waals surface area contributed by atoms with Crippen LogP contribution in [0.5, 0.6) is 0 Å². The summed E-state index contributed by atoms with van der Waals surface area (Å²) < 4.78 is 26.5. The first-order valence-electron chi connectivity index (χ1n) is 5.31. The highest BCUT2D eigenvalue weighted by Crippen LogP contribution is 2.25. The molecule has 3 N–H and O–H groups in total. The van der Waals surface area contributed by atoms with Crippen LogP contribution >= 0.6 is 11.3 Å². The van der Waals surface area contributed by atoms with E-state index in [-0.39, 0.29) is 12.2 Å². The standard InChI is InChI=1S/C10H10N4O4S2/c11-7-1-2-9(14(15)16)10(3-7)20(17,18)13-4-8-5-19-6-12-8/h1-3,5-6,13H,4,11H2. The maximum absolute atomic E-state index is 12.1. The number of rotatable bonds is 5. The van der Waals surface area contributed by atoms with Crippen molar-refractivity contribution in [1.82, 2.24) is 9.71 Å². The van der Waals surface area contributed by atoms with Crippen molar-refractivity contribution in [3.8, 4) is 0 Å². The van der Waals surface area contributed by atoms with Crippen LogP contribution in [0.3, 0.4) is 0 Å². The zero-order chi connectivity index (χ0) is 14.8. The molecule has 0 bridgehead atoms. The maximum Gasteiger partial charge on any atom is 0.289 e. The van der Waals surface area contributed by atoms with E-state index in [4.69, 9.17) is 5.73 Å². The lowest BCUT2D eigenvalue weighted by Gasteiger charge is -2.07. The van der Waals surface area contributed by atoms with Crippen LogP contribution in [0.1, 0.15) is 5.69 Å². The molecule has 0 saturated carbocycles. The van der Waals surface area contributed by atoms with Crippen LogP contribution in [0.4, 0.5) is 11.4 Å². The Kier molecular flexibility index (Phi) is 3.97. The van der Waals surface area contributed by atoms with Gasteiger partial charge in [-0.15, -0.1) is 11.3 Å². The highest BCUT2D eigenvalue weighted by Gasteiger charge is 2.25. The Bertz CT molecular complexity index is 728. The lowest BCUT2D eigenvalue weighted by Crippen LogP contribution is -2.24. The molecule has 2 rings (SSSR count). The summed E-state index contributed by atoms with van der Waals surface area (Å²) in [6.45, 7) is -0.0439. The van der Waals surface area contributed by atoms with Crippen molar-refractivity contribution >= 4 is 32.7 Å². The Morgan fingerprint density at radius 3 is 2.80 bits per heavy atom. The average Bonchev–Trinajstić information content (AvgIpc) is 2.89. The normalized spacial score (nSPS) is 11.4. The number of nitrogens with zero attached hydrogens (tertiary/aromatic N) is 2. The molecule has 1 heterocycles. The van der Waals surface area contributed by atoms with E-state index in [0.717, 1.165) is 12.1 Å². The van der Waals surface area contributed by atoms with Gasteiger partial charge in [-0.2, -0.15) is 0 Å². The minimum absolute atomic E-state index is 0.0439. The third-order valence-corrected chi connectivity index (χ3v) is 4.46. The van der Waals surface area contributed by atoms with Crippen molar-refractivity contribution in [2.24, 2.45) is 0 Å². The Labute approximate surface area is 118 Å². The van der Waals surface area contributed by atoms with E-state index in [1.165, 1.54) is 17.4 Å². The predicted octanol–water partition coefficient (Wildman–Crippen LogP) is 1.11. The van der Waals surface area contributed by atoms with Crippen molar-refractivity contribution < 1.29 is 13.3 Å². The number of hydrogen-bond acceptors (Lipinski definition) is 7. The molecule has 0 aliphatic carbocycles. The van der Waals surface area contributed by atoms with Crippen molar-refractivity contribution in [1.29, 1.82) is 0 Å². The molecule has 20 heavy (non-hydrogen) atoms. The van der Waals surface area contributed by atoms with Gasteiger partial charge in [0.15, 0.2) is 4.90 Å². The zero-order valence-electron chi connectivity index (χ0n) is 10.0. The predicted molar refractivity (Wildman–Crippen MR) is 73.6 cm³/mol. The molecular weight excluding hydrogens is 304 g/mol. The number of nitro benzene ring substituents is 1. The number of thiazole rings is 1. The fraction of sp³-hybridized carbons (Fsp3) is 0.100. The molecule has 1 aromatic heterocycles. The molecule has 8 nitrogen and oxygen atoms in total. The molecule has 0 fully saturated rings. The summed E-state index contributed by atoms with van der Waals surface area (Å²) in [5, 5.41) is 12.6. The molecule has 2 aromatic rings. The number of nitrogen functional groups attached to an aromatic ring is 1. The van der Waals surface area contributed by atoms with Crippen LogP contribution in [0.25, 0.3) is 0 Å². The Hall–Kier alpha value is -2.04. The van der Waals surface area contributed by atoms with E-state index in [1.54, 1.807) is 10.9 Å². The van der Waals surface area contributed by atoms with E-state index >= 15 is 0 Å². The minimum atomic E-state index is -4.04. The molecule has 0 aliphatic rings. The number of aromatic nitrogens is 1. The molecule has 0 aliphatic heterocycles. The summed E-state index contributed by atoms with van der Waals surface area (Å²) in [6, 6.07) is 3.39. The molecule has 106 valence electrons. The molecule has 0 atom stereocenters. The second kappa shape index (κ2) is 5.53. The lowest BCUT2D eigenvalue weighted by molar-refractivity contribution is -0.387. The average molecular weight is 314 g/mol.